The van der Waals surface area contributed by atoms with Gasteiger partial charge in [-0.15, -0.1) is 0 Å². The average Bonchev–Trinajstić information content (AvgIpc) is 3.21. The molecule has 1 rings (SSSR count). The van der Waals surface area contributed by atoms with Gasteiger partial charge in [-0.25, -0.2) is 0 Å². The monoisotopic (exact) mass is 308 g/mol. The first-order chi connectivity index (χ1) is 10.6. The minimum Gasteiger partial charge on any atom is -0.481 e. The average molecular weight is 308 g/mol. The summed E-state index contributed by atoms with van der Waals surface area (Å²) in [6.07, 6.45) is 17.9. The molecule has 0 spiro atoms. The van der Waals surface area contributed by atoms with Gasteiger partial charge in [0.15, 0.2) is 0 Å². The summed E-state index contributed by atoms with van der Waals surface area (Å²) in [4.78, 5) is 10.4. The SMILES string of the molecule is CCCCC[C@@H](O)/C=C/C[C@H]1C[C@H]1CC/C=C\CCC(=O)O. The molecule has 22 heavy (non-hydrogen) atoms. The quantitative estimate of drug-likeness (QED) is 0.382. The molecular weight excluding hydrogens is 276 g/mol. The highest BCUT2D eigenvalue weighted by molar-refractivity contribution is 5.66. The maximum absolute atomic E-state index is 10.4. The first-order valence-electron chi connectivity index (χ1n) is 8.85. The van der Waals surface area contributed by atoms with Crippen LogP contribution < -0.4 is 0 Å². The molecule has 0 aromatic heterocycles. The molecule has 126 valence electrons. The Labute approximate surface area is 135 Å². The third-order valence-electron chi connectivity index (χ3n) is 4.37. The van der Waals surface area contributed by atoms with E-state index in [2.05, 4.69) is 19.1 Å². The van der Waals surface area contributed by atoms with Crippen LogP contribution in [-0.4, -0.2) is 22.3 Å². The number of allylic oxidation sites excluding steroid dienone is 3. The van der Waals surface area contributed by atoms with Crippen molar-refractivity contribution < 1.29 is 15.0 Å². The summed E-state index contributed by atoms with van der Waals surface area (Å²) in [6, 6.07) is 0. The Bertz CT molecular complexity index is 360. The van der Waals surface area contributed by atoms with E-state index in [-0.39, 0.29) is 12.5 Å². The number of aliphatic hydroxyl groups excluding tert-OH is 1. The van der Waals surface area contributed by atoms with E-state index in [1.807, 2.05) is 12.2 Å². The topological polar surface area (TPSA) is 57.5 Å². The van der Waals surface area contributed by atoms with Gasteiger partial charge in [0.25, 0.3) is 0 Å². The molecule has 2 N–H and O–H groups in total. The minimum atomic E-state index is -0.726. The Balaban J connectivity index is 1.98. The van der Waals surface area contributed by atoms with E-state index in [9.17, 15) is 9.90 Å². The zero-order chi connectivity index (χ0) is 16.2. The molecule has 3 heteroatoms. The summed E-state index contributed by atoms with van der Waals surface area (Å²) < 4.78 is 0. The van der Waals surface area contributed by atoms with Gasteiger partial charge in [-0.1, -0.05) is 50.5 Å². The molecule has 0 bridgehead atoms. The molecular formula is C19H32O3. The second-order valence-electron chi connectivity index (χ2n) is 6.46. The molecule has 0 saturated heterocycles. The summed E-state index contributed by atoms with van der Waals surface area (Å²) >= 11 is 0. The maximum Gasteiger partial charge on any atom is 0.303 e. The number of hydrogen-bond donors (Lipinski definition) is 2. The van der Waals surface area contributed by atoms with Gasteiger partial charge in [-0.05, 0) is 50.4 Å². The molecule has 1 saturated carbocycles. The van der Waals surface area contributed by atoms with Gasteiger partial charge in [-0.2, -0.15) is 0 Å². The Kier molecular flexibility index (Phi) is 9.89. The van der Waals surface area contributed by atoms with Crippen LogP contribution in [0.15, 0.2) is 24.3 Å². The van der Waals surface area contributed by atoms with Gasteiger partial charge in [0.2, 0.25) is 0 Å². The number of aliphatic hydroxyl groups is 1. The van der Waals surface area contributed by atoms with E-state index < -0.39 is 5.97 Å². The van der Waals surface area contributed by atoms with Crippen molar-refractivity contribution in [2.75, 3.05) is 0 Å². The van der Waals surface area contributed by atoms with Crippen LogP contribution in [0.25, 0.3) is 0 Å². The van der Waals surface area contributed by atoms with E-state index in [1.54, 1.807) is 0 Å². The van der Waals surface area contributed by atoms with Crippen LogP contribution >= 0.6 is 0 Å². The number of carboxylic acids is 1. The van der Waals surface area contributed by atoms with Crippen LogP contribution in [-0.2, 0) is 4.79 Å². The summed E-state index contributed by atoms with van der Waals surface area (Å²) in [6.45, 7) is 2.18. The molecule has 0 aromatic rings. The molecule has 1 aliphatic carbocycles. The van der Waals surface area contributed by atoms with Crippen molar-refractivity contribution >= 4 is 5.97 Å². The van der Waals surface area contributed by atoms with Crippen LogP contribution in [0.1, 0.15) is 71.1 Å². The molecule has 0 amide bonds. The van der Waals surface area contributed by atoms with Gasteiger partial charge in [-0.3, -0.25) is 4.79 Å². The van der Waals surface area contributed by atoms with Crippen molar-refractivity contribution in [1.82, 2.24) is 0 Å². The van der Waals surface area contributed by atoms with Gasteiger partial charge < -0.3 is 10.2 Å². The first kappa shape index (κ1) is 19.0. The van der Waals surface area contributed by atoms with Gasteiger partial charge in [0, 0.05) is 6.42 Å². The Morgan fingerprint density at radius 3 is 2.68 bits per heavy atom. The van der Waals surface area contributed by atoms with E-state index in [1.165, 1.54) is 25.7 Å². The van der Waals surface area contributed by atoms with E-state index in [0.29, 0.717) is 6.42 Å². The summed E-state index contributed by atoms with van der Waals surface area (Å²) in [5.74, 6) is 0.896. The lowest BCUT2D eigenvalue weighted by Gasteiger charge is -2.04. The Hall–Kier alpha value is -1.09. The lowest BCUT2D eigenvalue weighted by molar-refractivity contribution is -0.136. The van der Waals surface area contributed by atoms with E-state index >= 15 is 0 Å². The Morgan fingerprint density at radius 1 is 1.18 bits per heavy atom. The van der Waals surface area contributed by atoms with Crippen molar-refractivity contribution in [3.63, 3.8) is 0 Å². The molecule has 0 unspecified atom stereocenters. The highest BCUT2D eigenvalue weighted by atomic mass is 16.4. The molecule has 1 fully saturated rings. The maximum atomic E-state index is 10.4. The number of aliphatic carboxylic acids is 1. The number of rotatable bonds is 13. The van der Waals surface area contributed by atoms with Crippen molar-refractivity contribution in [2.45, 2.75) is 77.2 Å². The number of hydrogen-bond acceptors (Lipinski definition) is 2. The molecule has 0 aromatic carbocycles. The zero-order valence-electron chi connectivity index (χ0n) is 13.9. The van der Waals surface area contributed by atoms with Crippen LogP contribution in [0, 0.1) is 11.8 Å². The Morgan fingerprint density at radius 2 is 1.95 bits per heavy atom. The summed E-state index contributed by atoms with van der Waals surface area (Å²) in [5, 5.41) is 18.3. The van der Waals surface area contributed by atoms with Gasteiger partial charge in [0.05, 0.1) is 6.10 Å². The standard InChI is InChI=1S/C19H32O3/c1-2-3-6-12-18(20)13-9-11-17-15-16(17)10-7-4-5-8-14-19(21)22/h4-5,9,13,16-18,20H,2-3,6-8,10-12,14-15H2,1H3,(H,21,22)/b5-4-,13-9+/t16-,17+,18-/m1/s1. The van der Waals surface area contributed by atoms with Crippen LogP contribution in [0.5, 0.6) is 0 Å². The van der Waals surface area contributed by atoms with Gasteiger partial charge in [0.1, 0.15) is 0 Å². The third-order valence-corrected chi connectivity index (χ3v) is 4.37. The first-order valence-corrected chi connectivity index (χ1v) is 8.85. The highest BCUT2D eigenvalue weighted by Gasteiger charge is 2.34. The fourth-order valence-electron chi connectivity index (χ4n) is 2.82. The van der Waals surface area contributed by atoms with Crippen molar-refractivity contribution in [3.8, 4) is 0 Å². The second-order valence-corrected chi connectivity index (χ2v) is 6.46. The predicted octanol–water partition coefficient (Wildman–Crippen LogP) is 4.71. The smallest absolute Gasteiger partial charge is 0.303 e. The highest BCUT2D eigenvalue weighted by Crippen LogP contribution is 2.44. The predicted molar refractivity (Wildman–Crippen MR) is 90.7 cm³/mol. The second kappa shape index (κ2) is 11.5. The van der Waals surface area contributed by atoms with Crippen LogP contribution in [0.4, 0.5) is 0 Å². The van der Waals surface area contributed by atoms with Crippen LogP contribution in [0.3, 0.4) is 0 Å². The van der Waals surface area contributed by atoms with Crippen molar-refractivity contribution in [1.29, 1.82) is 0 Å². The van der Waals surface area contributed by atoms with Crippen LogP contribution in [0.2, 0.25) is 0 Å². The molecule has 3 atom stereocenters. The van der Waals surface area contributed by atoms with Crippen molar-refractivity contribution in [2.24, 2.45) is 11.8 Å². The minimum absolute atomic E-state index is 0.230. The summed E-state index contributed by atoms with van der Waals surface area (Å²) in [5.41, 5.74) is 0. The largest absolute Gasteiger partial charge is 0.481 e. The number of carboxylic acid groups (broad SMARTS) is 1. The van der Waals surface area contributed by atoms with Crippen molar-refractivity contribution in [3.05, 3.63) is 24.3 Å². The zero-order valence-corrected chi connectivity index (χ0v) is 13.9. The summed E-state index contributed by atoms with van der Waals surface area (Å²) in [7, 11) is 0. The van der Waals surface area contributed by atoms with E-state index in [0.717, 1.165) is 37.5 Å². The fraction of sp³-hybridized carbons (Fsp3) is 0.737. The fourth-order valence-corrected chi connectivity index (χ4v) is 2.82. The molecule has 0 aliphatic heterocycles. The number of carbonyl (C=O) groups is 1. The lowest BCUT2D eigenvalue weighted by Crippen LogP contribution is -2.01. The van der Waals surface area contributed by atoms with E-state index in [4.69, 9.17) is 5.11 Å². The number of unbranched alkanes of at least 4 members (excludes halogenated alkanes) is 2. The normalized spacial score (nSPS) is 22.5. The molecule has 1 aliphatic rings. The van der Waals surface area contributed by atoms with Gasteiger partial charge >= 0.3 is 5.97 Å². The molecule has 3 nitrogen and oxygen atoms in total. The lowest BCUT2D eigenvalue weighted by atomic mass is 10.1. The molecule has 0 heterocycles. The molecule has 0 radical (unpaired) electrons. The third kappa shape index (κ3) is 9.78.